The standard InChI is InChI=1S/C28H56N6/c1-23(2)30-18-20-34(21-19-30)28(5,6)26-22-27(26)33-16-14-32(15-17-33)25(4)9-8-24(3)31-12-10-29(7)11-13-31/h23-27H,8-22H2,1-7H3. The van der Waals surface area contributed by atoms with Crippen molar-refractivity contribution in [2.45, 2.75) is 90.5 Å². The van der Waals surface area contributed by atoms with E-state index >= 15 is 0 Å². The Labute approximate surface area is 211 Å². The van der Waals surface area contributed by atoms with Gasteiger partial charge in [0.1, 0.15) is 0 Å². The fourth-order valence-electron chi connectivity index (χ4n) is 7.01. The lowest BCUT2D eigenvalue weighted by molar-refractivity contribution is 0.0187. The summed E-state index contributed by atoms with van der Waals surface area (Å²) in [5.41, 5.74) is 0.345. The van der Waals surface area contributed by atoms with Crippen LogP contribution in [-0.4, -0.2) is 145 Å². The summed E-state index contributed by atoms with van der Waals surface area (Å²) in [4.78, 5) is 16.2. The minimum absolute atomic E-state index is 0.345. The van der Waals surface area contributed by atoms with Crippen LogP contribution in [0.3, 0.4) is 0 Å². The molecule has 1 saturated carbocycles. The van der Waals surface area contributed by atoms with E-state index in [2.05, 4.69) is 78.0 Å². The molecular formula is C28H56N6. The van der Waals surface area contributed by atoms with Gasteiger partial charge in [-0.1, -0.05) is 0 Å². The van der Waals surface area contributed by atoms with Crippen LogP contribution < -0.4 is 0 Å². The molecule has 198 valence electrons. The van der Waals surface area contributed by atoms with Crippen molar-refractivity contribution >= 4 is 0 Å². The summed E-state index contributed by atoms with van der Waals surface area (Å²) < 4.78 is 0. The van der Waals surface area contributed by atoms with Crippen LogP contribution >= 0.6 is 0 Å². The molecule has 0 spiro atoms. The molecule has 4 aliphatic rings. The molecule has 1 aliphatic carbocycles. The molecule has 4 atom stereocenters. The van der Waals surface area contributed by atoms with E-state index in [0.29, 0.717) is 11.6 Å². The van der Waals surface area contributed by atoms with Crippen LogP contribution in [-0.2, 0) is 0 Å². The summed E-state index contributed by atoms with van der Waals surface area (Å²) in [6.07, 6.45) is 4.10. The summed E-state index contributed by atoms with van der Waals surface area (Å²) in [7, 11) is 2.25. The molecule has 3 saturated heterocycles. The topological polar surface area (TPSA) is 19.4 Å². The minimum Gasteiger partial charge on any atom is -0.304 e. The Morgan fingerprint density at radius 2 is 1.12 bits per heavy atom. The lowest BCUT2D eigenvalue weighted by Gasteiger charge is -2.46. The van der Waals surface area contributed by atoms with E-state index in [4.69, 9.17) is 0 Å². The van der Waals surface area contributed by atoms with Crippen molar-refractivity contribution in [2.75, 3.05) is 85.6 Å². The maximum Gasteiger partial charge on any atom is 0.0197 e. The van der Waals surface area contributed by atoms with Gasteiger partial charge in [0.05, 0.1) is 0 Å². The predicted molar refractivity (Wildman–Crippen MR) is 145 cm³/mol. The summed E-state index contributed by atoms with van der Waals surface area (Å²) in [5, 5.41) is 0. The number of nitrogens with zero attached hydrogens (tertiary/aromatic N) is 6. The van der Waals surface area contributed by atoms with Gasteiger partial charge in [-0.15, -0.1) is 0 Å². The minimum atomic E-state index is 0.345. The summed E-state index contributed by atoms with van der Waals surface area (Å²) >= 11 is 0. The Hall–Kier alpha value is -0.240. The molecule has 4 rings (SSSR count). The molecule has 4 unspecified atom stereocenters. The molecule has 0 amide bonds. The summed E-state index contributed by atoms with van der Waals surface area (Å²) in [5.74, 6) is 0.853. The lowest BCUT2D eigenvalue weighted by Crippen LogP contribution is -2.58. The number of likely N-dealkylation sites (N-methyl/N-ethyl adjacent to an activating group) is 1. The Morgan fingerprint density at radius 3 is 1.62 bits per heavy atom. The number of rotatable bonds is 9. The fraction of sp³-hybridized carbons (Fsp3) is 1.00. The maximum atomic E-state index is 2.84. The van der Waals surface area contributed by atoms with Gasteiger partial charge in [0.2, 0.25) is 0 Å². The monoisotopic (exact) mass is 476 g/mol. The zero-order chi connectivity index (χ0) is 24.5. The third kappa shape index (κ3) is 6.36. The average Bonchev–Trinajstić information content (AvgIpc) is 3.65. The van der Waals surface area contributed by atoms with Crippen molar-refractivity contribution in [1.82, 2.24) is 29.4 Å². The second kappa shape index (κ2) is 11.4. The van der Waals surface area contributed by atoms with Crippen LogP contribution in [0.5, 0.6) is 0 Å². The fourth-order valence-corrected chi connectivity index (χ4v) is 7.01. The molecule has 6 nitrogen and oxygen atoms in total. The predicted octanol–water partition coefficient (Wildman–Crippen LogP) is 2.60. The van der Waals surface area contributed by atoms with E-state index in [0.717, 1.165) is 24.0 Å². The first-order valence-electron chi connectivity index (χ1n) is 14.6. The molecule has 3 heterocycles. The summed E-state index contributed by atoms with van der Waals surface area (Å²) in [6.45, 7) is 29.7. The molecule has 4 fully saturated rings. The van der Waals surface area contributed by atoms with Gasteiger partial charge in [0.25, 0.3) is 0 Å². The lowest BCUT2D eigenvalue weighted by atomic mass is 9.94. The molecule has 0 radical (unpaired) electrons. The van der Waals surface area contributed by atoms with Gasteiger partial charge in [-0.3, -0.25) is 24.5 Å². The van der Waals surface area contributed by atoms with Crippen molar-refractivity contribution in [3.8, 4) is 0 Å². The molecule has 0 aromatic heterocycles. The highest BCUT2D eigenvalue weighted by atomic mass is 15.3. The van der Waals surface area contributed by atoms with Crippen molar-refractivity contribution in [2.24, 2.45) is 5.92 Å². The van der Waals surface area contributed by atoms with E-state index in [-0.39, 0.29) is 0 Å². The van der Waals surface area contributed by atoms with Crippen LogP contribution in [0.4, 0.5) is 0 Å². The Balaban J connectivity index is 1.16. The van der Waals surface area contributed by atoms with Crippen molar-refractivity contribution in [3.05, 3.63) is 0 Å². The van der Waals surface area contributed by atoms with Gasteiger partial charge in [0, 0.05) is 108 Å². The molecule has 6 heteroatoms. The number of hydrogen-bond acceptors (Lipinski definition) is 6. The van der Waals surface area contributed by atoms with Gasteiger partial charge in [-0.25, -0.2) is 0 Å². The highest BCUT2D eigenvalue weighted by molar-refractivity contribution is 5.08. The second-order valence-electron chi connectivity index (χ2n) is 12.9. The largest absolute Gasteiger partial charge is 0.304 e. The zero-order valence-corrected chi connectivity index (χ0v) is 23.7. The molecule has 3 aliphatic heterocycles. The van der Waals surface area contributed by atoms with Crippen LogP contribution in [0, 0.1) is 5.92 Å². The third-order valence-electron chi connectivity index (χ3n) is 10.1. The normalized spacial score (nSPS) is 31.8. The first-order chi connectivity index (χ1) is 16.2. The Bertz CT molecular complexity index is 614. The Kier molecular flexibility index (Phi) is 9.02. The van der Waals surface area contributed by atoms with E-state index in [1.807, 2.05) is 0 Å². The van der Waals surface area contributed by atoms with Gasteiger partial charge < -0.3 is 4.90 Å². The number of piperazine rings is 3. The van der Waals surface area contributed by atoms with Gasteiger partial charge >= 0.3 is 0 Å². The van der Waals surface area contributed by atoms with Crippen LogP contribution in [0.1, 0.15) is 60.8 Å². The molecule has 0 N–H and O–H groups in total. The van der Waals surface area contributed by atoms with Crippen LogP contribution in [0.25, 0.3) is 0 Å². The van der Waals surface area contributed by atoms with Crippen molar-refractivity contribution in [1.29, 1.82) is 0 Å². The van der Waals surface area contributed by atoms with Crippen molar-refractivity contribution in [3.63, 3.8) is 0 Å². The van der Waals surface area contributed by atoms with Gasteiger partial charge in [0.15, 0.2) is 0 Å². The van der Waals surface area contributed by atoms with Crippen LogP contribution in [0.15, 0.2) is 0 Å². The van der Waals surface area contributed by atoms with E-state index < -0.39 is 0 Å². The molecule has 0 aromatic carbocycles. The first kappa shape index (κ1) is 26.8. The first-order valence-corrected chi connectivity index (χ1v) is 14.6. The van der Waals surface area contributed by atoms with Crippen LogP contribution in [0.2, 0.25) is 0 Å². The Morgan fingerprint density at radius 1 is 0.647 bits per heavy atom. The van der Waals surface area contributed by atoms with Gasteiger partial charge in [-0.05, 0) is 73.8 Å². The third-order valence-corrected chi connectivity index (χ3v) is 10.1. The van der Waals surface area contributed by atoms with E-state index in [1.165, 1.54) is 97.8 Å². The van der Waals surface area contributed by atoms with E-state index in [9.17, 15) is 0 Å². The van der Waals surface area contributed by atoms with Crippen molar-refractivity contribution < 1.29 is 0 Å². The van der Waals surface area contributed by atoms with E-state index in [1.54, 1.807) is 0 Å². The number of hydrogen-bond donors (Lipinski definition) is 0. The summed E-state index contributed by atoms with van der Waals surface area (Å²) in [6, 6.07) is 2.97. The maximum absolute atomic E-state index is 2.84. The molecule has 0 aromatic rings. The zero-order valence-electron chi connectivity index (χ0n) is 23.7. The molecular weight excluding hydrogens is 420 g/mol. The highest BCUT2D eigenvalue weighted by Gasteiger charge is 2.53. The average molecular weight is 477 g/mol. The quantitative estimate of drug-likeness (QED) is 0.506. The smallest absolute Gasteiger partial charge is 0.0197 e. The molecule has 34 heavy (non-hydrogen) atoms. The SMILES string of the molecule is CC(C)N1CCN(C(C)(C)C2CC2N2CCN(C(C)CCC(C)N3CCN(C)CC3)CC2)CC1. The second-order valence-corrected chi connectivity index (χ2v) is 12.9. The molecule has 0 bridgehead atoms. The highest BCUT2D eigenvalue weighted by Crippen LogP contribution is 2.47. The van der Waals surface area contributed by atoms with Gasteiger partial charge in [-0.2, -0.15) is 0 Å².